The van der Waals surface area contributed by atoms with E-state index in [0.29, 0.717) is 22.1 Å². The van der Waals surface area contributed by atoms with Crippen LogP contribution in [0.1, 0.15) is 11.7 Å². The van der Waals surface area contributed by atoms with Crippen molar-refractivity contribution in [3.05, 3.63) is 22.7 Å². The molecule has 0 aliphatic heterocycles. The van der Waals surface area contributed by atoms with Crippen molar-refractivity contribution in [1.82, 2.24) is 0 Å². The van der Waals surface area contributed by atoms with Crippen LogP contribution >= 0.6 is 11.6 Å². The molecule has 0 fully saturated rings. The molecule has 1 aromatic rings. The first-order valence-electron chi connectivity index (χ1n) is 4.43. The van der Waals surface area contributed by atoms with Crippen molar-refractivity contribution in [3.8, 4) is 11.5 Å². The Morgan fingerprint density at radius 3 is 2.53 bits per heavy atom. The van der Waals surface area contributed by atoms with Crippen molar-refractivity contribution in [2.24, 2.45) is 5.73 Å². The molecule has 0 amide bonds. The Balaban J connectivity index is 3.25. The number of rotatable bonds is 4. The largest absolute Gasteiger partial charge is 0.497 e. The molecule has 0 spiro atoms. The van der Waals surface area contributed by atoms with Crippen LogP contribution in [-0.2, 0) is 0 Å². The topological polar surface area (TPSA) is 64.7 Å². The van der Waals surface area contributed by atoms with Crippen LogP contribution in [0.4, 0.5) is 0 Å². The third-order valence-electron chi connectivity index (χ3n) is 2.07. The maximum atomic E-state index is 9.67. The molecule has 1 atom stereocenters. The molecule has 0 saturated heterocycles. The van der Waals surface area contributed by atoms with E-state index in [0.717, 1.165) is 0 Å². The van der Waals surface area contributed by atoms with Gasteiger partial charge in [-0.15, -0.1) is 0 Å². The summed E-state index contributed by atoms with van der Waals surface area (Å²) >= 11 is 5.96. The zero-order valence-corrected chi connectivity index (χ0v) is 9.41. The number of methoxy groups -OCH3 is 2. The summed E-state index contributed by atoms with van der Waals surface area (Å²) in [6.07, 6.45) is -0.812. The van der Waals surface area contributed by atoms with E-state index in [2.05, 4.69) is 0 Å². The fraction of sp³-hybridized carbons (Fsp3) is 0.400. The first kappa shape index (κ1) is 12.1. The first-order chi connectivity index (χ1) is 7.13. The van der Waals surface area contributed by atoms with Gasteiger partial charge in [-0.05, 0) is 6.07 Å². The molecule has 1 unspecified atom stereocenters. The van der Waals surface area contributed by atoms with Crippen molar-refractivity contribution >= 4 is 11.6 Å². The van der Waals surface area contributed by atoms with Crippen LogP contribution in [0.5, 0.6) is 11.5 Å². The van der Waals surface area contributed by atoms with Crippen LogP contribution in [0.2, 0.25) is 5.02 Å². The minimum absolute atomic E-state index is 0.0971. The van der Waals surface area contributed by atoms with Gasteiger partial charge in [0.1, 0.15) is 11.5 Å². The summed E-state index contributed by atoms with van der Waals surface area (Å²) in [5.74, 6) is 0.985. The molecule has 0 aromatic heterocycles. The second-order valence-electron chi connectivity index (χ2n) is 2.98. The van der Waals surface area contributed by atoms with Crippen LogP contribution in [0.15, 0.2) is 12.1 Å². The van der Waals surface area contributed by atoms with Crippen molar-refractivity contribution in [2.45, 2.75) is 6.10 Å². The molecule has 3 N–H and O–H groups in total. The molecule has 1 aromatic carbocycles. The summed E-state index contributed by atoms with van der Waals surface area (Å²) in [4.78, 5) is 0. The van der Waals surface area contributed by atoms with Gasteiger partial charge in [0.2, 0.25) is 0 Å². The fourth-order valence-corrected chi connectivity index (χ4v) is 1.59. The molecular weight excluding hydrogens is 218 g/mol. The molecule has 0 radical (unpaired) electrons. The minimum Gasteiger partial charge on any atom is -0.497 e. The molecule has 0 saturated carbocycles. The summed E-state index contributed by atoms with van der Waals surface area (Å²) in [5.41, 5.74) is 5.91. The highest BCUT2D eigenvalue weighted by Gasteiger charge is 2.16. The molecule has 15 heavy (non-hydrogen) atoms. The number of hydrogen-bond donors (Lipinski definition) is 2. The van der Waals surface area contributed by atoms with E-state index < -0.39 is 6.10 Å². The average Bonchev–Trinajstić information content (AvgIpc) is 2.26. The maximum Gasteiger partial charge on any atom is 0.143 e. The van der Waals surface area contributed by atoms with E-state index in [1.807, 2.05) is 0 Å². The third kappa shape index (κ3) is 2.53. The van der Waals surface area contributed by atoms with E-state index >= 15 is 0 Å². The van der Waals surface area contributed by atoms with E-state index in [9.17, 15) is 5.11 Å². The minimum atomic E-state index is -0.812. The molecule has 0 aliphatic rings. The summed E-state index contributed by atoms with van der Waals surface area (Å²) < 4.78 is 10.1. The van der Waals surface area contributed by atoms with Gasteiger partial charge in [-0.2, -0.15) is 0 Å². The molecule has 5 heteroatoms. The number of nitrogens with two attached hydrogens (primary N) is 1. The van der Waals surface area contributed by atoms with Crippen LogP contribution in [0.3, 0.4) is 0 Å². The standard InChI is InChI=1S/C10H14ClNO3/c1-14-6-3-7(9(13)5-12)10(15-2)8(11)4-6/h3-4,9,13H,5,12H2,1-2H3. The van der Waals surface area contributed by atoms with Gasteiger partial charge in [0.05, 0.1) is 25.3 Å². The monoisotopic (exact) mass is 231 g/mol. The van der Waals surface area contributed by atoms with Gasteiger partial charge in [-0.1, -0.05) is 11.6 Å². The Hall–Kier alpha value is -0.970. The first-order valence-corrected chi connectivity index (χ1v) is 4.81. The number of halogens is 1. The average molecular weight is 232 g/mol. The highest BCUT2D eigenvalue weighted by molar-refractivity contribution is 6.32. The van der Waals surface area contributed by atoms with Gasteiger partial charge in [0.15, 0.2) is 0 Å². The van der Waals surface area contributed by atoms with Gasteiger partial charge >= 0.3 is 0 Å². The predicted octanol–water partition coefficient (Wildman–Crippen LogP) is 1.35. The maximum absolute atomic E-state index is 9.67. The Labute approximate surface area is 93.6 Å². The zero-order valence-electron chi connectivity index (χ0n) is 8.66. The molecule has 1 rings (SSSR count). The van der Waals surface area contributed by atoms with E-state index in [1.165, 1.54) is 14.2 Å². The lowest BCUT2D eigenvalue weighted by atomic mass is 10.1. The van der Waals surface area contributed by atoms with Crippen LogP contribution in [0, 0.1) is 0 Å². The lowest BCUT2D eigenvalue weighted by molar-refractivity contribution is 0.181. The number of benzene rings is 1. The van der Waals surface area contributed by atoms with E-state index in [1.54, 1.807) is 12.1 Å². The van der Waals surface area contributed by atoms with Gasteiger partial charge in [0.25, 0.3) is 0 Å². The highest BCUT2D eigenvalue weighted by Crippen LogP contribution is 2.36. The van der Waals surface area contributed by atoms with Crippen molar-refractivity contribution in [1.29, 1.82) is 0 Å². The SMILES string of the molecule is COc1cc(Cl)c(OC)c(C(O)CN)c1. The number of ether oxygens (including phenoxy) is 2. The van der Waals surface area contributed by atoms with Gasteiger partial charge < -0.3 is 20.3 Å². The fourth-order valence-electron chi connectivity index (χ4n) is 1.30. The molecule has 4 nitrogen and oxygen atoms in total. The number of hydrogen-bond acceptors (Lipinski definition) is 4. The van der Waals surface area contributed by atoms with E-state index in [-0.39, 0.29) is 6.54 Å². The summed E-state index contributed by atoms with van der Waals surface area (Å²) in [5, 5.41) is 10.1. The normalized spacial score (nSPS) is 12.3. The number of aliphatic hydroxyl groups is 1. The Bertz CT molecular complexity index is 344. The predicted molar refractivity (Wildman–Crippen MR) is 58.6 cm³/mol. The van der Waals surface area contributed by atoms with Crippen molar-refractivity contribution in [2.75, 3.05) is 20.8 Å². The second-order valence-corrected chi connectivity index (χ2v) is 3.39. The van der Waals surface area contributed by atoms with Crippen molar-refractivity contribution in [3.63, 3.8) is 0 Å². The zero-order chi connectivity index (χ0) is 11.4. The van der Waals surface area contributed by atoms with Gasteiger partial charge in [-0.3, -0.25) is 0 Å². The Morgan fingerprint density at radius 1 is 1.40 bits per heavy atom. The molecule has 0 heterocycles. The summed E-state index contributed by atoms with van der Waals surface area (Å²) in [6, 6.07) is 3.27. The quantitative estimate of drug-likeness (QED) is 0.821. The molecule has 0 bridgehead atoms. The lowest BCUT2D eigenvalue weighted by Gasteiger charge is -2.15. The van der Waals surface area contributed by atoms with Gasteiger partial charge in [-0.25, -0.2) is 0 Å². The van der Waals surface area contributed by atoms with Crippen LogP contribution < -0.4 is 15.2 Å². The molecule has 84 valence electrons. The smallest absolute Gasteiger partial charge is 0.143 e. The van der Waals surface area contributed by atoms with Crippen LogP contribution in [-0.4, -0.2) is 25.9 Å². The third-order valence-corrected chi connectivity index (χ3v) is 2.35. The summed E-state index contributed by atoms with van der Waals surface area (Å²) in [7, 11) is 3.01. The second kappa shape index (κ2) is 5.21. The summed E-state index contributed by atoms with van der Waals surface area (Å²) in [6.45, 7) is 0.0971. The van der Waals surface area contributed by atoms with Gasteiger partial charge in [0, 0.05) is 18.2 Å². The van der Waals surface area contributed by atoms with Crippen LogP contribution in [0.25, 0.3) is 0 Å². The van der Waals surface area contributed by atoms with Crippen molar-refractivity contribution < 1.29 is 14.6 Å². The molecule has 0 aliphatic carbocycles. The number of aliphatic hydroxyl groups excluding tert-OH is 1. The Morgan fingerprint density at radius 2 is 2.07 bits per heavy atom. The Kier molecular flexibility index (Phi) is 4.20. The molecular formula is C10H14ClNO3. The van der Waals surface area contributed by atoms with E-state index in [4.69, 9.17) is 26.8 Å². The lowest BCUT2D eigenvalue weighted by Crippen LogP contribution is -2.12. The highest BCUT2D eigenvalue weighted by atomic mass is 35.5.